The molecule has 0 aliphatic rings. The lowest BCUT2D eigenvalue weighted by molar-refractivity contribution is 1.08. The van der Waals surface area contributed by atoms with Gasteiger partial charge in [-0.25, -0.2) is 9.97 Å². The Bertz CT molecular complexity index is 1810. The van der Waals surface area contributed by atoms with Gasteiger partial charge in [0, 0.05) is 27.9 Å². The summed E-state index contributed by atoms with van der Waals surface area (Å²) in [5, 5.41) is 6.09. The lowest BCUT2D eigenvalue weighted by atomic mass is 10.0. The first kappa shape index (κ1) is 18.1. The number of rotatable bonds is 2. The predicted molar refractivity (Wildman–Crippen MR) is 137 cm³/mol. The fourth-order valence-electron chi connectivity index (χ4n) is 4.91. The van der Waals surface area contributed by atoms with Crippen LogP contribution in [0.5, 0.6) is 0 Å². The molecule has 3 heteroatoms. The number of benzene rings is 4. The van der Waals surface area contributed by atoms with Crippen LogP contribution in [0.25, 0.3) is 60.6 Å². The molecule has 154 valence electrons. The summed E-state index contributed by atoms with van der Waals surface area (Å²) in [7, 11) is 0. The highest BCUT2D eigenvalue weighted by molar-refractivity contribution is 6.21. The number of hydrogen-bond acceptors (Lipinski definition) is 2. The summed E-state index contributed by atoms with van der Waals surface area (Å²) in [5.41, 5.74) is 5.41. The number of nitrogens with zero attached hydrogens (tertiary/aromatic N) is 3. The maximum absolute atomic E-state index is 4.94. The third-order valence-corrected chi connectivity index (χ3v) is 6.43. The Kier molecular flexibility index (Phi) is 3.84. The summed E-state index contributed by atoms with van der Waals surface area (Å²) in [6.45, 7) is 0. The molecule has 33 heavy (non-hydrogen) atoms. The highest BCUT2D eigenvalue weighted by Crippen LogP contribution is 2.38. The molecule has 0 atom stereocenters. The van der Waals surface area contributed by atoms with Crippen LogP contribution in [-0.2, 0) is 0 Å². The van der Waals surface area contributed by atoms with Crippen LogP contribution in [0.1, 0.15) is 0 Å². The molecule has 7 aromatic rings. The van der Waals surface area contributed by atoms with Crippen molar-refractivity contribution in [3.8, 4) is 17.1 Å². The molecule has 7 rings (SSSR count). The summed E-state index contributed by atoms with van der Waals surface area (Å²) in [6.07, 6.45) is 1.85. The molecular weight excluding hydrogens is 402 g/mol. The fourth-order valence-corrected chi connectivity index (χ4v) is 4.91. The summed E-state index contributed by atoms with van der Waals surface area (Å²) in [4.78, 5) is 9.61. The van der Waals surface area contributed by atoms with Gasteiger partial charge >= 0.3 is 0 Å². The van der Waals surface area contributed by atoms with Crippen LogP contribution >= 0.6 is 0 Å². The Morgan fingerprint density at radius 2 is 1.36 bits per heavy atom. The molecule has 3 aromatic heterocycles. The van der Waals surface area contributed by atoms with Gasteiger partial charge in [-0.15, -0.1) is 0 Å². The van der Waals surface area contributed by atoms with Crippen molar-refractivity contribution in [1.29, 1.82) is 0 Å². The van der Waals surface area contributed by atoms with E-state index in [2.05, 4.69) is 94.5 Å². The van der Waals surface area contributed by atoms with E-state index in [4.69, 9.17) is 4.98 Å². The number of para-hydroxylation sites is 1. The maximum atomic E-state index is 4.94. The largest absolute Gasteiger partial charge is 0.294 e. The monoisotopic (exact) mass is 421 g/mol. The zero-order valence-electron chi connectivity index (χ0n) is 17.8. The minimum atomic E-state index is 0.921. The van der Waals surface area contributed by atoms with Crippen molar-refractivity contribution in [3.63, 3.8) is 0 Å². The van der Waals surface area contributed by atoms with Gasteiger partial charge in [0.15, 0.2) is 0 Å². The molecule has 0 saturated heterocycles. The predicted octanol–water partition coefficient (Wildman–Crippen LogP) is 7.55. The summed E-state index contributed by atoms with van der Waals surface area (Å²) >= 11 is 0. The van der Waals surface area contributed by atoms with Crippen LogP contribution < -0.4 is 0 Å². The van der Waals surface area contributed by atoms with Crippen LogP contribution in [0.2, 0.25) is 0 Å². The SMILES string of the molecule is c1ccc(-n2c3ccc(-c4ccc5ccccc5n4)cc3c3c4ccccc4ccc32)nc1. The Balaban J connectivity index is 1.58. The van der Waals surface area contributed by atoms with Crippen LogP contribution in [0, 0.1) is 0 Å². The van der Waals surface area contributed by atoms with Crippen molar-refractivity contribution in [2.45, 2.75) is 0 Å². The van der Waals surface area contributed by atoms with Crippen LogP contribution in [0.15, 0.2) is 115 Å². The van der Waals surface area contributed by atoms with Crippen molar-refractivity contribution in [3.05, 3.63) is 115 Å². The zero-order chi connectivity index (χ0) is 21.8. The van der Waals surface area contributed by atoms with Crippen LogP contribution in [-0.4, -0.2) is 14.5 Å². The molecule has 3 heterocycles. The van der Waals surface area contributed by atoms with Gasteiger partial charge < -0.3 is 0 Å². The highest BCUT2D eigenvalue weighted by Gasteiger charge is 2.16. The molecular formula is C30H19N3. The third kappa shape index (κ3) is 2.76. The van der Waals surface area contributed by atoms with Crippen LogP contribution in [0.4, 0.5) is 0 Å². The smallest absolute Gasteiger partial charge is 0.137 e. The first-order valence-electron chi connectivity index (χ1n) is 11.1. The number of aromatic nitrogens is 3. The molecule has 0 aliphatic carbocycles. The second-order valence-corrected chi connectivity index (χ2v) is 8.33. The molecule has 0 spiro atoms. The number of hydrogen-bond donors (Lipinski definition) is 0. The fraction of sp³-hybridized carbons (Fsp3) is 0. The highest BCUT2D eigenvalue weighted by atomic mass is 15.1. The quantitative estimate of drug-likeness (QED) is 0.289. The molecule has 0 radical (unpaired) electrons. The van der Waals surface area contributed by atoms with E-state index < -0.39 is 0 Å². The number of fused-ring (bicyclic) bond motifs is 6. The van der Waals surface area contributed by atoms with Gasteiger partial charge in [0.1, 0.15) is 5.82 Å². The van der Waals surface area contributed by atoms with E-state index in [0.29, 0.717) is 0 Å². The first-order chi connectivity index (χ1) is 16.4. The van der Waals surface area contributed by atoms with E-state index in [1.54, 1.807) is 0 Å². The first-order valence-corrected chi connectivity index (χ1v) is 11.1. The molecule has 0 saturated carbocycles. The summed E-state index contributed by atoms with van der Waals surface area (Å²) in [6, 6.07) is 38.2. The summed E-state index contributed by atoms with van der Waals surface area (Å²) < 4.78 is 2.26. The lowest BCUT2D eigenvalue weighted by Gasteiger charge is -2.07. The van der Waals surface area contributed by atoms with Gasteiger partial charge in [0.2, 0.25) is 0 Å². The van der Waals surface area contributed by atoms with Gasteiger partial charge in [0.05, 0.1) is 22.2 Å². The van der Waals surface area contributed by atoms with Gasteiger partial charge in [-0.3, -0.25) is 4.57 Å². The van der Waals surface area contributed by atoms with Crippen molar-refractivity contribution in [1.82, 2.24) is 14.5 Å². The average Bonchev–Trinajstić information content (AvgIpc) is 3.23. The topological polar surface area (TPSA) is 30.7 Å². The zero-order valence-corrected chi connectivity index (χ0v) is 17.8. The third-order valence-electron chi connectivity index (χ3n) is 6.43. The van der Waals surface area contributed by atoms with Crippen molar-refractivity contribution >= 4 is 43.5 Å². The van der Waals surface area contributed by atoms with E-state index in [0.717, 1.165) is 39.0 Å². The molecule has 0 unspecified atom stereocenters. The van der Waals surface area contributed by atoms with E-state index in [1.807, 2.05) is 30.5 Å². The van der Waals surface area contributed by atoms with Gasteiger partial charge in [-0.1, -0.05) is 66.7 Å². The van der Waals surface area contributed by atoms with Crippen molar-refractivity contribution < 1.29 is 0 Å². The molecule has 0 aliphatic heterocycles. The molecule has 0 amide bonds. The Morgan fingerprint density at radius 1 is 0.576 bits per heavy atom. The van der Waals surface area contributed by atoms with Gasteiger partial charge in [-0.2, -0.15) is 0 Å². The standard InChI is InChI=1S/C30H19N3/c1-3-9-23-20(7-1)13-17-28-30(23)24-19-22(26-15-12-21-8-2-4-10-25(21)32-26)14-16-27(24)33(28)29-11-5-6-18-31-29/h1-19H. The second kappa shape index (κ2) is 7.01. The van der Waals surface area contributed by atoms with E-state index in [9.17, 15) is 0 Å². The minimum absolute atomic E-state index is 0.921. The van der Waals surface area contributed by atoms with E-state index in [1.165, 1.54) is 21.5 Å². The molecule has 0 fully saturated rings. The van der Waals surface area contributed by atoms with Crippen molar-refractivity contribution in [2.75, 3.05) is 0 Å². The Hall–Kier alpha value is -4.50. The van der Waals surface area contributed by atoms with Gasteiger partial charge in [0.25, 0.3) is 0 Å². The van der Waals surface area contributed by atoms with E-state index in [-0.39, 0.29) is 0 Å². The summed E-state index contributed by atoms with van der Waals surface area (Å²) in [5.74, 6) is 0.921. The molecule has 0 N–H and O–H groups in total. The maximum Gasteiger partial charge on any atom is 0.137 e. The normalized spacial score (nSPS) is 11.6. The van der Waals surface area contributed by atoms with Crippen LogP contribution in [0.3, 0.4) is 0 Å². The number of pyridine rings is 2. The Labute approximate surface area is 190 Å². The van der Waals surface area contributed by atoms with Gasteiger partial charge in [-0.05, 0) is 53.2 Å². The van der Waals surface area contributed by atoms with E-state index >= 15 is 0 Å². The molecule has 3 nitrogen and oxygen atoms in total. The second-order valence-electron chi connectivity index (χ2n) is 8.33. The minimum Gasteiger partial charge on any atom is -0.294 e. The van der Waals surface area contributed by atoms with Crippen molar-refractivity contribution in [2.24, 2.45) is 0 Å². The molecule has 4 aromatic carbocycles. The Morgan fingerprint density at radius 3 is 2.27 bits per heavy atom. The average molecular weight is 422 g/mol. The lowest BCUT2D eigenvalue weighted by Crippen LogP contribution is -1.96. The molecule has 0 bridgehead atoms.